The van der Waals surface area contributed by atoms with Crippen LogP contribution in [-0.4, -0.2) is 32.7 Å². The fraction of sp³-hybridized carbons (Fsp3) is 0.250. The summed E-state index contributed by atoms with van der Waals surface area (Å²) < 4.78 is 0. The number of nitrogens with one attached hydrogen (secondary N) is 2. The zero-order chi connectivity index (χ0) is 19.2. The van der Waals surface area contributed by atoms with E-state index in [1.807, 2.05) is 62.4 Å². The summed E-state index contributed by atoms with van der Waals surface area (Å²) in [7, 11) is 0. The number of benzene rings is 1. The third kappa shape index (κ3) is 4.93. The van der Waals surface area contributed by atoms with Gasteiger partial charge in [0.05, 0.1) is 34.7 Å². The fourth-order valence-electron chi connectivity index (χ4n) is 2.51. The number of aromatic nitrogens is 3. The minimum atomic E-state index is -0.155. The molecule has 0 saturated carbocycles. The van der Waals surface area contributed by atoms with Gasteiger partial charge in [-0.3, -0.25) is 4.98 Å². The molecule has 0 amide bonds. The molecule has 0 unspecified atom stereocenters. The van der Waals surface area contributed by atoms with Gasteiger partial charge in [-0.2, -0.15) is 4.98 Å². The highest BCUT2D eigenvalue weighted by Crippen LogP contribution is 2.27. The number of para-hydroxylation sites is 1. The molecule has 2 aromatic heterocycles. The summed E-state index contributed by atoms with van der Waals surface area (Å²) >= 11 is 6.25. The number of aliphatic hydroxyl groups excluding tert-OH is 1. The number of nitrogens with zero attached hydrogens (tertiary/aromatic N) is 3. The molecule has 6 nitrogen and oxygen atoms in total. The van der Waals surface area contributed by atoms with E-state index in [4.69, 9.17) is 11.6 Å². The summed E-state index contributed by atoms with van der Waals surface area (Å²) in [6.45, 7) is 4.04. The molecule has 0 bridgehead atoms. The zero-order valence-corrected chi connectivity index (χ0v) is 16.0. The Hall–Kier alpha value is -2.70. The maximum atomic E-state index is 9.62. The highest BCUT2D eigenvalue weighted by molar-refractivity contribution is 6.33. The fourth-order valence-corrected chi connectivity index (χ4v) is 2.69. The summed E-state index contributed by atoms with van der Waals surface area (Å²) in [5, 5.41) is 16.7. The second-order valence-electron chi connectivity index (χ2n) is 6.46. The lowest BCUT2D eigenvalue weighted by molar-refractivity contribution is 0.248. The Balaban J connectivity index is 1.99. The Morgan fingerprint density at radius 2 is 1.81 bits per heavy atom. The first-order valence-corrected chi connectivity index (χ1v) is 9.14. The molecule has 140 valence electrons. The number of rotatable bonds is 7. The van der Waals surface area contributed by atoms with Crippen molar-refractivity contribution in [2.45, 2.75) is 19.9 Å². The number of hydrogen-bond acceptors (Lipinski definition) is 6. The van der Waals surface area contributed by atoms with Crippen molar-refractivity contribution >= 4 is 29.1 Å². The molecular formula is C20H22ClN5O. The quantitative estimate of drug-likeness (QED) is 0.562. The first-order chi connectivity index (χ1) is 13.1. The van der Waals surface area contributed by atoms with Crippen molar-refractivity contribution < 1.29 is 5.11 Å². The van der Waals surface area contributed by atoms with Gasteiger partial charge in [-0.25, -0.2) is 4.98 Å². The zero-order valence-electron chi connectivity index (χ0n) is 15.2. The van der Waals surface area contributed by atoms with Gasteiger partial charge < -0.3 is 15.7 Å². The van der Waals surface area contributed by atoms with E-state index in [1.54, 1.807) is 6.20 Å². The first kappa shape index (κ1) is 19.1. The molecule has 0 fully saturated rings. The second kappa shape index (κ2) is 8.79. The van der Waals surface area contributed by atoms with Crippen molar-refractivity contribution in [3.05, 3.63) is 59.8 Å². The van der Waals surface area contributed by atoms with Crippen LogP contribution in [0.25, 0.3) is 11.4 Å². The average Bonchev–Trinajstić information content (AvgIpc) is 2.68. The average molecular weight is 384 g/mol. The molecule has 0 saturated heterocycles. The van der Waals surface area contributed by atoms with Crippen molar-refractivity contribution in [1.29, 1.82) is 0 Å². The standard InChI is InChI=1S/C20H22ClN5O/c1-13(2)18(12-27)25-20-24-17(16-9-5-6-10-22-16)11-19(26-20)23-15-8-4-3-7-14(15)21/h3-11,13,18,27H,12H2,1-2H3,(H2,23,24,25,26)/t18-/m1/s1. The van der Waals surface area contributed by atoms with Crippen molar-refractivity contribution in [1.82, 2.24) is 15.0 Å². The van der Waals surface area contributed by atoms with E-state index in [0.717, 1.165) is 11.4 Å². The summed E-state index contributed by atoms with van der Waals surface area (Å²) in [5.74, 6) is 1.22. The van der Waals surface area contributed by atoms with Gasteiger partial charge in [0, 0.05) is 12.3 Å². The molecule has 3 N–H and O–H groups in total. The topological polar surface area (TPSA) is 83.0 Å². The monoisotopic (exact) mass is 383 g/mol. The molecule has 7 heteroatoms. The maximum Gasteiger partial charge on any atom is 0.225 e. The molecule has 0 aliphatic rings. The lowest BCUT2D eigenvalue weighted by Crippen LogP contribution is -2.30. The van der Waals surface area contributed by atoms with Crippen molar-refractivity contribution in [3.63, 3.8) is 0 Å². The minimum absolute atomic E-state index is 0.0118. The van der Waals surface area contributed by atoms with Crippen LogP contribution in [0.15, 0.2) is 54.7 Å². The Bertz CT molecular complexity index is 889. The van der Waals surface area contributed by atoms with Gasteiger partial charge >= 0.3 is 0 Å². The van der Waals surface area contributed by atoms with Crippen LogP contribution in [0.2, 0.25) is 5.02 Å². The number of hydrogen-bond donors (Lipinski definition) is 3. The van der Waals surface area contributed by atoms with Gasteiger partial charge in [0.2, 0.25) is 5.95 Å². The number of halogens is 1. The number of anilines is 3. The molecule has 0 aliphatic carbocycles. The van der Waals surface area contributed by atoms with Crippen LogP contribution in [0, 0.1) is 5.92 Å². The molecule has 3 aromatic rings. The Kier molecular flexibility index (Phi) is 6.21. The molecule has 3 rings (SSSR count). The van der Waals surface area contributed by atoms with Crippen LogP contribution >= 0.6 is 11.6 Å². The smallest absolute Gasteiger partial charge is 0.225 e. The van der Waals surface area contributed by atoms with Crippen LogP contribution in [0.3, 0.4) is 0 Å². The van der Waals surface area contributed by atoms with Crippen molar-refractivity contribution in [2.24, 2.45) is 5.92 Å². The molecule has 27 heavy (non-hydrogen) atoms. The first-order valence-electron chi connectivity index (χ1n) is 8.76. The Morgan fingerprint density at radius 1 is 1.04 bits per heavy atom. The van der Waals surface area contributed by atoms with Crippen LogP contribution in [-0.2, 0) is 0 Å². The SMILES string of the molecule is CC(C)[C@@H](CO)Nc1nc(Nc2ccccc2Cl)cc(-c2ccccn2)n1. The van der Waals surface area contributed by atoms with Crippen LogP contribution < -0.4 is 10.6 Å². The van der Waals surface area contributed by atoms with Gasteiger partial charge in [0.1, 0.15) is 5.82 Å². The van der Waals surface area contributed by atoms with E-state index in [9.17, 15) is 5.11 Å². The molecular weight excluding hydrogens is 362 g/mol. The predicted molar refractivity (Wildman–Crippen MR) is 109 cm³/mol. The Morgan fingerprint density at radius 3 is 2.48 bits per heavy atom. The second-order valence-corrected chi connectivity index (χ2v) is 6.87. The Labute approximate surface area is 163 Å². The maximum absolute atomic E-state index is 9.62. The van der Waals surface area contributed by atoms with Crippen molar-refractivity contribution in [3.8, 4) is 11.4 Å². The van der Waals surface area contributed by atoms with E-state index >= 15 is 0 Å². The largest absolute Gasteiger partial charge is 0.394 e. The van der Waals surface area contributed by atoms with E-state index in [1.165, 1.54) is 0 Å². The third-order valence-electron chi connectivity index (χ3n) is 4.11. The van der Waals surface area contributed by atoms with Gasteiger partial charge in [0.25, 0.3) is 0 Å². The molecule has 1 aromatic carbocycles. The molecule has 2 heterocycles. The van der Waals surface area contributed by atoms with Crippen LogP contribution in [0.5, 0.6) is 0 Å². The molecule has 0 spiro atoms. The van der Waals surface area contributed by atoms with Crippen LogP contribution in [0.4, 0.5) is 17.5 Å². The molecule has 1 atom stereocenters. The number of pyridine rings is 1. The van der Waals surface area contributed by atoms with Gasteiger partial charge in [-0.05, 0) is 30.2 Å². The van der Waals surface area contributed by atoms with E-state index in [0.29, 0.717) is 22.5 Å². The lowest BCUT2D eigenvalue weighted by Gasteiger charge is -2.20. The van der Waals surface area contributed by atoms with Crippen molar-refractivity contribution in [2.75, 3.05) is 17.2 Å². The summed E-state index contributed by atoms with van der Waals surface area (Å²) in [6, 6.07) is 14.8. The minimum Gasteiger partial charge on any atom is -0.394 e. The summed E-state index contributed by atoms with van der Waals surface area (Å²) in [4.78, 5) is 13.5. The van der Waals surface area contributed by atoms with Gasteiger partial charge in [-0.15, -0.1) is 0 Å². The normalized spacial score (nSPS) is 12.0. The predicted octanol–water partition coefficient (Wildman–Crippen LogP) is 4.36. The van der Waals surface area contributed by atoms with E-state index < -0.39 is 0 Å². The summed E-state index contributed by atoms with van der Waals surface area (Å²) in [6.07, 6.45) is 1.72. The third-order valence-corrected chi connectivity index (χ3v) is 4.44. The van der Waals surface area contributed by atoms with E-state index in [-0.39, 0.29) is 18.6 Å². The van der Waals surface area contributed by atoms with E-state index in [2.05, 4.69) is 25.6 Å². The van der Waals surface area contributed by atoms with Gasteiger partial charge in [-0.1, -0.05) is 43.6 Å². The molecule has 0 aliphatic heterocycles. The highest BCUT2D eigenvalue weighted by Gasteiger charge is 2.15. The highest BCUT2D eigenvalue weighted by atomic mass is 35.5. The summed E-state index contributed by atoms with van der Waals surface area (Å²) in [5.41, 5.74) is 2.15. The van der Waals surface area contributed by atoms with Gasteiger partial charge in [0.15, 0.2) is 0 Å². The number of aliphatic hydroxyl groups is 1. The lowest BCUT2D eigenvalue weighted by atomic mass is 10.1. The van der Waals surface area contributed by atoms with Crippen LogP contribution in [0.1, 0.15) is 13.8 Å². The molecule has 0 radical (unpaired) electrons.